The third kappa shape index (κ3) is 4.43. The van der Waals surface area contributed by atoms with Gasteiger partial charge in [0.1, 0.15) is 6.54 Å². The Labute approximate surface area is 137 Å². The van der Waals surface area contributed by atoms with E-state index in [1.807, 2.05) is 0 Å². The molecule has 1 saturated heterocycles. The van der Waals surface area contributed by atoms with E-state index in [0.717, 1.165) is 25.1 Å². The lowest BCUT2D eigenvalue weighted by atomic mass is 10.2. The lowest BCUT2D eigenvalue weighted by Crippen LogP contribution is -2.45. The number of aromatic nitrogens is 2. The van der Waals surface area contributed by atoms with E-state index < -0.39 is 0 Å². The molecule has 1 aromatic rings. The molecule has 0 bridgehead atoms. The number of likely N-dealkylation sites (tertiary alicyclic amines) is 1. The van der Waals surface area contributed by atoms with Gasteiger partial charge in [0, 0.05) is 38.6 Å². The van der Waals surface area contributed by atoms with Gasteiger partial charge in [-0.1, -0.05) is 18.0 Å². The fraction of sp³-hybridized carbons (Fsp3) is 0.812. The normalized spacial score (nSPS) is 23.6. The van der Waals surface area contributed by atoms with Crippen molar-refractivity contribution < 1.29 is 4.52 Å². The van der Waals surface area contributed by atoms with E-state index >= 15 is 0 Å². The Morgan fingerprint density at radius 1 is 1.35 bits per heavy atom. The highest BCUT2D eigenvalue weighted by Gasteiger charge is 2.30. The molecule has 0 radical (unpaired) electrons. The molecule has 2 heterocycles. The highest BCUT2D eigenvalue weighted by atomic mass is 16.5. The van der Waals surface area contributed by atoms with Crippen LogP contribution in [0.2, 0.25) is 0 Å². The first-order valence-electron chi connectivity index (χ1n) is 8.82. The molecule has 3 rings (SSSR count). The van der Waals surface area contributed by atoms with Crippen LogP contribution in [-0.2, 0) is 6.54 Å². The summed E-state index contributed by atoms with van der Waals surface area (Å²) in [6.45, 7) is 7.47. The van der Waals surface area contributed by atoms with Crippen LogP contribution in [0.25, 0.3) is 0 Å². The maximum absolute atomic E-state index is 4.98. The van der Waals surface area contributed by atoms with E-state index in [1.165, 1.54) is 38.6 Å². The number of guanidine groups is 1. The molecular weight excluding hydrogens is 292 g/mol. The average molecular weight is 320 g/mol. The summed E-state index contributed by atoms with van der Waals surface area (Å²) in [6, 6.07) is 1.28. The Bertz CT molecular complexity index is 522. The number of nitrogens with one attached hydrogen (secondary N) is 2. The molecule has 0 amide bonds. The van der Waals surface area contributed by atoms with E-state index in [-0.39, 0.29) is 0 Å². The fourth-order valence-corrected chi connectivity index (χ4v) is 3.57. The van der Waals surface area contributed by atoms with Crippen molar-refractivity contribution in [2.75, 3.05) is 19.6 Å². The van der Waals surface area contributed by atoms with Gasteiger partial charge in [0.2, 0.25) is 5.89 Å². The Morgan fingerprint density at radius 2 is 2.17 bits per heavy atom. The first kappa shape index (κ1) is 16.2. The molecule has 1 aromatic heterocycles. The van der Waals surface area contributed by atoms with Gasteiger partial charge < -0.3 is 15.2 Å². The monoisotopic (exact) mass is 320 g/mol. The molecule has 1 saturated carbocycles. The Morgan fingerprint density at radius 3 is 2.87 bits per heavy atom. The van der Waals surface area contributed by atoms with E-state index in [4.69, 9.17) is 4.52 Å². The van der Waals surface area contributed by atoms with Crippen molar-refractivity contribution in [2.45, 2.75) is 64.6 Å². The quantitative estimate of drug-likeness (QED) is 0.631. The SMILES string of the molecule is CCNC(=NCc1noc(C)n1)NC1CCN(C2CCCC2)C1. The topological polar surface area (TPSA) is 78.6 Å². The molecule has 7 nitrogen and oxygen atoms in total. The van der Waals surface area contributed by atoms with E-state index in [2.05, 4.69) is 37.6 Å². The minimum atomic E-state index is 0.436. The molecule has 2 fully saturated rings. The lowest BCUT2D eigenvalue weighted by Gasteiger charge is -2.24. The molecule has 7 heteroatoms. The van der Waals surface area contributed by atoms with Gasteiger partial charge in [-0.2, -0.15) is 4.98 Å². The molecule has 1 atom stereocenters. The average Bonchev–Trinajstić information content (AvgIpc) is 3.26. The van der Waals surface area contributed by atoms with Crippen LogP contribution in [0.15, 0.2) is 9.52 Å². The minimum Gasteiger partial charge on any atom is -0.357 e. The summed E-state index contributed by atoms with van der Waals surface area (Å²) in [4.78, 5) is 11.4. The molecule has 0 aromatic carbocycles. The number of rotatable bonds is 5. The van der Waals surface area contributed by atoms with Crippen molar-refractivity contribution in [3.8, 4) is 0 Å². The molecule has 0 spiro atoms. The van der Waals surface area contributed by atoms with Gasteiger partial charge in [-0.05, 0) is 26.2 Å². The maximum atomic E-state index is 4.98. The summed E-state index contributed by atoms with van der Waals surface area (Å²) in [7, 11) is 0. The molecule has 2 N–H and O–H groups in total. The van der Waals surface area contributed by atoms with Crippen LogP contribution < -0.4 is 10.6 Å². The number of aryl methyl sites for hydroxylation is 1. The molecule has 23 heavy (non-hydrogen) atoms. The van der Waals surface area contributed by atoms with Crippen molar-refractivity contribution in [1.29, 1.82) is 0 Å². The molecular formula is C16H28N6O. The summed E-state index contributed by atoms with van der Waals surface area (Å²) in [5.74, 6) is 2.04. The summed E-state index contributed by atoms with van der Waals surface area (Å²) < 4.78 is 4.98. The minimum absolute atomic E-state index is 0.436. The van der Waals surface area contributed by atoms with Crippen LogP contribution in [0.5, 0.6) is 0 Å². The summed E-state index contributed by atoms with van der Waals surface area (Å²) in [5.41, 5.74) is 0. The van der Waals surface area contributed by atoms with Gasteiger partial charge in [-0.15, -0.1) is 0 Å². The molecule has 1 aliphatic heterocycles. The van der Waals surface area contributed by atoms with Crippen LogP contribution in [0, 0.1) is 6.92 Å². The van der Waals surface area contributed by atoms with Crippen molar-refractivity contribution in [2.24, 2.45) is 4.99 Å². The van der Waals surface area contributed by atoms with Gasteiger partial charge >= 0.3 is 0 Å². The zero-order valence-electron chi connectivity index (χ0n) is 14.2. The fourth-order valence-electron chi connectivity index (χ4n) is 3.57. The number of hydrogen-bond donors (Lipinski definition) is 2. The zero-order chi connectivity index (χ0) is 16.1. The highest BCUT2D eigenvalue weighted by Crippen LogP contribution is 2.26. The second-order valence-corrected chi connectivity index (χ2v) is 6.49. The van der Waals surface area contributed by atoms with Gasteiger partial charge in [0.05, 0.1) is 0 Å². The van der Waals surface area contributed by atoms with Gasteiger partial charge in [-0.3, -0.25) is 4.90 Å². The van der Waals surface area contributed by atoms with Crippen molar-refractivity contribution in [3.05, 3.63) is 11.7 Å². The Hall–Kier alpha value is -1.63. The predicted molar refractivity (Wildman–Crippen MR) is 89.2 cm³/mol. The Balaban J connectivity index is 1.52. The number of aliphatic imine (C=N–C) groups is 1. The van der Waals surface area contributed by atoms with Crippen molar-refractivity contribution in [1.82, 2.24) is 25.7 Å². The van der Waals surface area contributed by atoms with Gasteiger partial charge in [-0.25, -0.2) is 4.99 Å². The van der Waals surface area contributed by atoms with Crippen LogP contribution in [0.4, 0.5) is 0 Å². The highest BCUT2D eigenvalue weighted by molar-refractivity contribution is 5.80. The standard InChI is InChI=1S/C16H28N6O/c1-3-17-16(18-10-15-19-12(2)23-21-15)20-13-8-9-22(11-13)14-6-4-5-7-14/h13-14H,3-11H2,1-2H3,(H2,17,18,20). The van der Waals surface area contributed by atoms with Gasteiger partial charge in [0.25, 0.3) is 0 Å². The molecule has 1 unspecified atom stereocenters. The third-order valence-electron chi connectivity index (χ3n) is 4.69. The van der Waals surface area contributed by atoms with E-state index in [0.29, 0.717) is 24.3 Å². The predicted octanol–water partition coefficient (Wildman–Crippen LogP) is 1.45. The number of nitrogens with zero attached hydrogens (tertiary/aromatic N) is 4. The summed E-state index contributed by atoms with van der Waals surface area (Å²) >= 11 is 0. The van der Waals surface area contributed by atoms with Crippen LogP contribution in [0.3, 0.4) is 0 Å². The van der Waals surface area contributed by atoms with Crippen molar-refractivity contribution in [3.63, 3.8) is 0 Å². The smallest absolute Gasteiger partial charge is 0.223 e. The second-order valence-electron chi connectivity index (χ2n) is 6.49. The zero-order valence-corrected chi connectivity index (χ0v) is 14.2. The lowest BCUT2D eigenvalue weighted by molar-refractivity contribution is 0.242. The van der Waals surface area contributed by atoms with Gasteiger partial charge in [0.15, 0.2) is 11.8 Å². The molecule has 1 aliphatic carbocycles. The largest absolute Gasteiger partial charge is 0.357 e. The first-order valence-corrected chi connectivity index (χ1v) is 8.82. The first-order chi connectivity index (χ1) is 11.2. The summed E-state index contributed by atoms with van der Waals surface area (Å²) in [6.07, 6.45) is 6.72. The van der Waals surface area contributed by atoms with E-state index in [1.54, 1.807) is 6.92 Å². The summed E-state index contributed by atoms with van der Waals surface area (Å²) in [5, 5.41) is 10.8. The maximum Gasteiger partial charge on any atom is 0.223 e. The number of hydrogen-bond acceptors (Lipinski definition) is 5. The van der Waals surface area contributed by atoms with Crippen LogP contribution in [-0.4, -0.2) is 52.7 Å². The Kier molecular flexibility index (Phi) is 5.48. The van der Waals surface area contributed by atoms with E-state index in [9.17, 15) is 0 Å². The van der Waals surface area contributed by atoms with Crippen LogP contribution >= 0.6 is 0 Å². The molecule has 2 aliphatic rings. The van der Waals surface area contributed by atoms with Crippen LogP contribution in [0.1, 0.15) is 50.7 Å². The second kappa shape index (κ2) is 7.77. The third-order valence-corrected chi connectivity index (χ3v) is 4.69. The molecule has 128 valence electrons. The van der Waals surface area contributed by atoms with Crippen molar-refractivity contribution >= 4 is 5.96 Å².